The van der Waals surface area contributed by atoms with Crippen LogP contribution in [-0.4, -0.2) is 43.8 Å². The second-order valence-corrected chi connectivity index (χ2v) is 13.7. The molecular weight excluding hydrogens is 663 g/mol. The Kier molecular flexibility index (Phi) is 11.9. The van der Waals surface area contributed by atoms with Crippen molar-refractivity contribution in [2.45, 2.75) is 63.3 Å². The van der Waals surface area contributed by atoms with Gasteiger partial charge in [-0.25, -0.2) is 8.42 Å². The van der Waals surface area contributed by atoms with Crippen LogP contribution in [0.3, 0.4) is 0 Å². The molecule has 0 aliphatic rings. The number of carbonyl (C=O) groups is 2. The van der Waals surface area contributed by atoms with E-state index in [0.29, 0.717) is 22.4 Å². The molecule has 7 nitrogen and oxygen atoms in total. The van der Waals surface area contributed by atoms with Crippen molar-refractivity contribution in [3.05, 3.63) is 130 Å². The fourth-order valence-corrected chi connectivity index (χ4v) is 6.75. The zero-order valence-electron chi connectivity index (χ0n) is 26.7. The van der Waals surface area contributed by atoms with Gasteiger partial charge in [0.05, 0.1) is 21.2 Å². The minimum atomic E-state index is -4.90. The molecule has 0 heterocycles. The Morgan fingerprint density at radius 1 is 0.896 bits per heavy atom. The van der Waals surface area contributed by atoms with E-state index >= 15 is 0 Å². The number of rotatable bonds is 13. The monoisotopic (exact) mass is 699 g/mol. The largest absolute Gasteiger partial charge is 0.417 e. The van der Waals surface area contributed by atoms with Crippen LogP contribution in [-0.2, 0) is 38.8 Å². The van der Waals surface area contributed by atoms with Crippen molar-refractivity contribution in [3.63, 3.8) is 0 Å². The fourth-order valence-electron chi connectivity index (χ4n) is 5.10. The maximum atomic E-state index is 14.6. The molecule has 0 saturated heterocycles. The van der Waals surface area contributed by atoms with E-state index in [-0.39, 0.29) is 23.9 Å². The zero-order chi connectivity index (χ0) is 35.1. The number of hydrogen-bond donors (Lipinski definition) is 1. The Morgan fingerprint density at radius 3 is 2.10 bits per heavy atom. The standard InChI is InChI=1S/C36H37ClF3N3O4S/c1-4-26(3)41-35(45)33(21-27-14-7-5-8-15-27)42(23-28-16-12-11-13-25(28)2)34(44)24-43(48(46,47)30-17-9-6-10-18-30)29-19-20-32(37)31(22-29)36(38,39)40/h5-20,22,26,33H,4,21,23-24H2,1-3H3,(H,41,45)/t26-,33-/m0/s1. The van der Waals surface area contributed by atoms with Crippen LogP contribution in [0, 0.1) is 6.92 Å². The summed E-state index contributed by atoms with van der Waals surface area (Å²) in [5.74, 6) is -1.24. The number of sulfonamides is 1. The van der Waals surface area contributed by atoms with Crippen LogP contribution in [0.25, 0.3) is 0 Å². The summed E-state index contributed by atoms with van der Waals surface area (Å²) in [6.07, 6.45) is -4.17. The predicted octanol–water partition coefficient (Wildman–Crippen LogP) is 7.42. The lowest BCUT2D eigenvalue weighted by Crippen LogP contribution is -2.54. The molecule has 0 unspecified atom stereocenters. The van der Waals surface area contributed by atoms with Crippen LogP contribution in [0.5, 0.6) is 0 Å². The Hall–Kier alpha value is -4.35. The maximum Gasteiger partial charge on any atom is 0.417 e. The zero-order valence-corrected chi connectivity index (χ0v) is 28.3. The van der Waals surface area contributed by atoms with E-state index in [0.717, 1.165) is 23.3 Å². The summed E-state index contributed by atoms with van der Waals surface area (Å²) >= 11 is 5.88. The molecule has 48 heavy (non-hydrogen) atoms. The van der Waals surface area contributed by atoms with Gasteiger partial charge >= 0.3 is 6.18 Å². The Bertz CT molecular complexity index is 1820. The van der Waals surface area contributed by atoms with Crippen molar-refractivity contribution in [2.75, 3.05) is 10.8 Å². The number of carbonyl (C=O) groups excluding carboxylic acids is 2. The number of anilines is 1. The topological polar surface area (TPSA) is 86.8 Å². The smallest absolute Gasteiger partial charge is 0.352 e. The number of halogens is 4. The van der Waals surface area contributed by atoms with Crippen LogP contribution in [0.1, 0.15) is 42.5 Å². The number of aryl methyl sites for hydroxylation is 1. The van der Waals surface area contributed by atoms with Gasteiger partial charge in [-0.1, -0.05) is 91.3 Å². The lowest BCUT2D eigenvalue weighted by Gasteiger charge is -2.34. The first-order chi connectivity index (χ1) is 22.7. The van der Waals surface area contributed by atoms with Gasteiger partial charge < -0.3 is 10.2 Å². The van der Waals surface area contributed by atoms with Crippen molar-refractivity contribution in [1.29, 1.82) is 0 Å². The third kappa shape index (κ3) is 8.96. The number of nitrogens with one attached hydrogen (secondary N) is 1. The van der Waals surface area contributed by atoms with Crippen molar-refractivity contribution in [3.8, 4) is 0 Å². The average molecular weight is 700 g/mol. The van der Waals surface area contributed by atoms with E-state index in [1.807, 2.05) is 51.1 Å². The van der Waals surface area contributed by atoms with Gasteiger partial charge in [-0.05, 0) is 67.3 Å². The quantitative estimate of drug-likeness (QED) is 0.157. The van der Waals surface area contributed by atoms with Gasteiger partial charge in [0.2, 0.25) is 11.8 Å². The highest BCUT2D eigenvalue weighted by atomic mass is 35.5. The highest BCUT2D eigenvalue weighted by molar-refractivity contribution is 7.92. The number of benzene rings is 4. The van der Waals surface area contributed by atoms with Crippen LogP contribution >= 0.6 is 11.6 Å². The summed E-state index contributed by atoms with van der Waals surface area (Å²) in [7, 11) is -4.59. The second kappa shape index (κ2) is 15.7. The van der Waals surface area contributed by atoms with Gasteiger partial charge in [-0.15, -0.1) is 0 Å². The van der Waals surface area contributed by atoms with Gasteiger partial charge in [0.1, 0.15) is 12.6 Å². The molecule has 0 aliphatic heterocycles. The number of nitrogens with zero attached hydrogens (tertiary/aromatic N) is 2. The van der Waals surface area contributed by atoms with Crippen molar-refractivity contribution >= 4 is 39.1 Å². The average Bonchev–Trinajstić information content (AvgIpc) is 3.06. The Morgan fingerprint density at radius 2 is 1.50 bits per heavy atom. The summed E-state index contributed by atoms with van der Waals surface area (Å²) in [5, 5.41) is 2.33. The van der Waals surface area contributed by atoms with Gasteiger partial charge in [0.15, 0.2) is 0 Å². The van der Waals surface area contributed by atoms with E-state index in [9.17, 15) is 31.2 Å². The molecule has 0 spiro atoms. The maximum absolute atomic E-state index is 14.6. The molecule has 0 fully saturated rings. The normalized spacial score (nSPS) is 13.0. The van der Waals surface area contributed by atoms with E-state index in [1.54, 1.807) is 30.3 Å². The summed E-state index contributed by atoms with van der Waals surface area (Å²) in [6, 6.07) is 24.8. The van der Waals surface area contributed by atoms with Crippen molar-refractivity contribution in [2.24, 2.45) is 0 Å². The first kappa shape index (κ1) is 36.5. The predicted molar refractivity (Wildman–Crippen MR) is 181 cm³/mol. The lowest BCUT2D eigenvalue weighted by molar-refractivity contribution is -0.140. The highest BCUT2D eigenvalue weighted by Gasteiger charge is 2.38. The van der Waals surface area contributed by atoms with Crippen LogP contribution in [0.2, 0.25) is 5.02 Å². The number of alkyl halides is 3. The molecule has 0 aromatic heterocycles. The van der Waals surface area contributed by atoms with E-state index in [2.05, 4.69) is 5.32 Å². The molecule has 1 N–H and O–H groups in total. The second-order valence-electron chi connectivity index (χ2n) is 11.5. The highest BCUT2D eigenvalue weighted by Crippen LogP contribution is 2.38. The molecule has 4 aromatic carbocycles. The minimum absolute atomic E-state index is 0.0649. The van der Waals surface area contributed by atoms with Crippen LogP contribution < -0.4 is 9.62 Å². The van der Waals surface area contributed by atoms with E-state index < -0.39 is 56.9 Å². The van der Waals surface area contributed by atoms with Crippen molar-refractivity contribution in [1.82, 2.24) is 10.2 Å². The van der Waals surface area contributed by atoms with Gasteiger partial charge in [-0.2, -0.15) is 13.2 Å². The number of amides is 2. The van der Waals surface area contributed by atoms with Crippen LogP contribution in [0.15, 0.2) is 108 Å². The summed E-state index contributed by atoms with van der Waals surface area (Å²) in [5.41, 5.74) is 0.629. The molecule has 0 bridgehead atoms. The van der Waals surface area contributed by atoms with E-state index in [1.165, 1.54) is 29.2 Å². The van der Waals surface area contributed by atoms with Gasteiger partial charge in [0.25, 0.3) is 10.0 Å². The molecular formula is C36H37ClF3N3O4S. The van der Waals surface area contributed by atoms with Gasteiger partial charge in [-0.3, -0.25) is 13.9 Å². The fraction of sp³-hybridized carbons (Fsp3) is 0.278. The van der Waals surface area contributed by atoms with Gasteiger partial charge in [0, 0.05) is 19.0 Å². The molecule has 254 valence electrons. The molecule has 2 atom stereocenters. The molecule has 4 aromatic rings. The SMILES string of the molecule is CC[C@H](C)NC(=O)[C@H](Cc1ccccc1)N(Cc1ccccc1C)C(=O)CN(c1ccc(Cl)c(C(F)(F)F)c1)S(=O)(=O)c1ccccc1. The Labute approximate surface area is 284 Å². The first-order valence-electron chi connectivity index (χ1n) is 15.3. The number of hydrogen-bond acceptors (Lipinski definition) is 4. The minimum Gasteiger partial charge on any atom is -0.352 e. The molecule has 2 amide bonds. The Balaban J connectivity index is 1.87. The van der Waals surface area contributed by atoms with E-state index in [4.69, 9.17) is 11.6 Å². The first-order valence-corrected chi connectivity index (χ1v) is 17.2. The third-order valence-electron chi connectivity index (χ3n) is 8.03. The summed E-state index contributed by atoms with van der Waals surface area (Å²) in [6.45, 7) is 4.62. The third-order valence-corrected chi connectivity index (χ3v) is 10.1. The molecule has 12 heteroatoms. The summed E-state index contributed by atoms with van der Waals surface area (Å²) < 4.78 is 70.6. The lowest BCUT2D eigenvalue weighted by atomic mass is 10.0. The van der Waals surface area contributed by atoms with Crippen LogP contribution in [0.4, 0.5) is 18.9 Å². The molecule has 4 rings (SSSR count). The molecule has 0 aliphatic carbocycles. The molecule has 0 saturated carbocycles. The summed E-state index contributed by atoms with van der Waals surface area (Å²) in [4.78, 5) is 29.6. The molecule has 0 radical (unpaired) electrons. The van der Waals surface area contributed by atoms with Crippen molar-refractivity contribution < 1.29 is 31.2 Å².